The van der Waals surface area contributed by atoms with Crippen LogP contribution >= 0.6 is 0 Å². The van der Waals surface area contributed by atoms with Gasteiger partial charge < -0.3 is 18.9 Å². The van der Waals surface area contributed by atoms with Gasteiger partial charge >= 0.3 is 6.09 Å². The average Bonchev–Trinajstić information content (AvgIpc) is 3.10. The smallest absolute Gasteiger partial charge is 0.416 e. The van der Waals surface area contributed by atoms with Gasteiger partial charge in [0.1, 0.15) is 13.4 Å². The lowest BCUT2D eigenvalue weighted by molar-refractivity contribution is -0.130. The molecule has 29 heavy (non-hydrogen) atoms. The largest absolute Gasteiger partial charge is 0.447 e. The summed E-state index contributed by atoms with van der Waals surface area (Å²) in [4.78, 5) is 26.1. The molecular formula is C22H29NO6. The van der Waals surface area contributed by atoms with Crippen molar-refractivity contribution in [3.05, 3.63) is 48.0 Å². The Hall–Kier alpha value is -2.22. The maximum Gasteiger partial charge on any atom is 0.416 e. The molecule has 0 aliphatic carbocycles. The molecule has 2 heterocycles. The maximum absolute atomic E-state index is 12.7. The second-order valence-electron chi connectivity index (χ2n) is 7.29. The highest BCUT2D eigenvalue weighted by Gasteiger charge is 2.37. The second kappa shape index (κ2) is 11.1. The highest BCUT2D eigenvalue weighted by molar-refractivity contribution is 5.93. The van der Waals surface area contributed by atoms with E-state index in [0.29, 0.717) is 19.4 Å². The van der Waals surface area contributed by atoms with Crippen LogP contribution in [0.1, 0.15) is 31.2 Å². The number of hydrogen-bond acceptors (Lipinski definition) is 6. The van der Waals surface area contributed by atoms with Crippen molar-refractivity contribution in [1.82, 2.24) is 4.90 Å². The van der Waals surface area contributed by atoms with Crippen LogP contribution in [0.3, 0.4) is 0 Å². The Labute approximate surface area is 171 Å². The standard InChI is InChI=1S/C22H29NO6/c1-26-16-27-13-12-20-9-5-8-19(29-20)10-11-21(24)23-18(15-28-22(23)25)14-17-6-3-2-4-7-17/h2-7,9,18-20H,8,10-16H2,1H3/t18-,19-,20-/m0/s1. The molecule has 2 amide bonds. The fourth-order valence-electron chi connectivity index (χ4n) is 3.63. The van der Waals surface area contributed by atoms with Gasteiger partial charge in [-0.1, -0.05) is 42.5 Å². The minimum Gasteiger partial charge on any atom is -0.447 e. The van der Waals surface area contributed by atoms with E-state index in [1.165, 1.54) is 4.90 Å². The van der Waals surface area contributed by atoms with Gasteiger partial charge in [-0.15, -0.1) is 0 Å². The average molecular weight is 403 g/mol. The zero-order chi connectivity index (χ0) is 20.5. The summed E-state index contributed by atoms with van der Waals surface area (Å²) in [5.41, 5.74) is 1.08. The third-order valence-corrected chi connectivity index (χ3v) is 5.09. The first-order chi connectivity index (χ1) is 14.2. The Balaban J connectivity index is 1.46. The van der Waals surface area contributed by atoms with Crippen LogP contribution < -0.4 is 0 Å². The van der Waals surface area contributed by atoms with E-state index in [4.69, 9.17) is 18.9 Å². The van der Waals surface area contributed by atoms with Gasteiger partial charge in [0.25, 0.3) is 0 Å². The lowest BCUT2D eigenvalue weighted by Gasteiger charge is -2.27. The number of hydrogen-bond donors (Lipinski definition) is 0. The number of imide groups is 1. The normalized spacial score (nSPS) is 24.0. The molecule has 1 fully saturated rings. The molecular weight excluding hydrogens is 374 g/mol. The topological polar surface area (TPSA) is 74.3 Å². The van der Waals surface area contributed by atoms with E-state index in [1.54, 1.807) is 7.11 Å². The van der Waals surface area contributed by atoms with Crippen LogP contribution in [0, 0.1) is 0 Å². The number of rotatable bonds is 10. The molecule has 158 valence electrons. The van der Waals surface area contributed by atoms with E-state index in [9.17, 15) is 9.59 Å². The fourth-order valence-corrected chi connectivity index (χ4v) is 3.63. The van der Waals surface area contributed by atoms with E-state index in [1.807, 2.05) is 36.4 Å². The van der Waals surface area contributed by atoms with Crippen molar-refractivity contribution in [3.8, 4) is 0 Å². The molecule has 0 radical (unpaired) electrons. The minimum absolute atomic E-state index is 0.0247. The van der Waals surface area contributed by atoms with E-state index in [-0.39, 0.29) is 44.0 Å². The summed E-state index contributed by atoms with van der Waals surface area (Å²) in [5.74, 6) is -0.202. The number of methoxy groups -OCH3 is 1. The number of carbonyl (C=O) groups excluding carboxylic acids is 2. The third kappa shape index (κ3) is 6.39. The van der Waals surface area contributed by atoms with Crippen molar-refractivity contribution in [1.29, 1.82) is 0 Å². The Kier molecular flexibility index (Phi) is 8.22. The predicted octanol–water partition coefficient (Wildman–Crippen LogP) is 3.08. The first-order valence-corrected chi connectivity index (χ1v) is 10.1. The molecule has 2 aliphatic rings. The molecule has 7 heteroatoms. The quantitative estimate of drug-likeness (QED) is 0.340. The van der Waals surface area contributed by atoms with Gasteiger partial charge in [-0.25, -0.2) is 9.69 Å². The highest BCUT2D eigenvalue weighted by atomic mass is 16.7. The number of benzene rings is 1. The van der Waals surface area contributed by atoms with E-state index in [0.717, 1.165) is 18.4 Å². The van der Waals surface area contributed by atoms with Crippen LogP contribution in [0.5, 0.6) is 0 Å². The van der Waals surface area contributed by atoms with Gasteiger partial charge in [0, 0.05) is 20.0 Å². The van der Waals surface area contributed by atoms with Crippen LogP contribution in [0.25, 0.3) is 0 Å². The van der Waals surface area contributed by atoms with Crippen molar-refractivity contribution in [3.63, 3.8) is 0 Å². The molecule has 1 aromatic carbocycles. The van der Waals surface area contributed by atoms with Crippen LogP contribution in [0.15, 0.2) is 42.5 Å². The molecule has 3 atom stereocenters. The van der Waals surface area contributed by atoms with Gasteiger partial charge in [-0.05, 0) is 24.8 Å². The second-order valence-corrected chi connectivity index (χ2v) is 7.29. The number of nitrogens with zero attached hydrogens (tertiary/aromatic N) is 1. The Morgan fingerprint density at radius 3 is 2.86 bits per heavy atom. The molecule has 0 saturated carbocycles. The molecule has 1 aromatic rings. The summed E-state index contributed by atoms with van der Waals surface area (Å²) < 4.78 is 21.3. The van der Waals surface area contributed by atoms with Crippen molar-refractivity contribution in [2.24, 2.45) is 0 Å². The number of ether oxygens (including phenoxy) is 4. The Bertz CT molecular complexity index is 692. The lowest BCUT2D eigenvalue weighted by atomic mass is 10.0. The minimum atomic E-state index is -0.548. The van der Waals surface area contributed by atoms with Crippen LogP contribution in [-0.4, -0.2) is 62.3 Å². The van der Waals surface area contributed by atoms with Gasteiger partial charge in [0.2, 0.25) is 5.91 Å². The number of cyclic esters (lactones) is 1. The van der Waals surface area contributed by atoms with Crippen molar-refractivity contribution >= 4 is 12.0 Å². The first kappa shape index (κ1) is 21.5. The van der Waals surface area contributed by atoms with Crippen LogP contribution in [-0.2, 0) is 30.2 Å². The molecule has 0 spiro atoms. The molecule has 0 N–H and O–H groups in total. The maximum atomic E-state index is 12.7. The van der Waals surface area contributed by atoms with E-state index >= 15 is 0 Å². The molecule has 2 aliphatic heterocycles. The van der Waals surface area contributed by atoms with Crippen molar-refractivity contribution < 1.29 is 28.5 Å². The molecule has 0 bridgehead atoms. The monoisotopic (exact) mass is 403 g/mol. The molecule has 7 nitrogen and oxygen atoms in total. The van der Waals surface area contributed by atoms with E-state index < -0.39 is 6.09 Å². The third-order valence-electron chi connectivity index (χ3n) is 5.09. The number of carbonyl (C=O) groups is 2. The first-order valence-electron chi connectivity index (χ1n) is 10.1. The van der Waals surface area contributed by atoms with Gasteiger partial charge in [-0.2, -0.15) is 0 Å². The summed E-state index contributed by atoms with van der Waals surface area (Å²) in [6.07, 6.45) is 6.43. The Morgan fingerprint density at radius 1 is 1.24 bits per heavy atom. The summed E-state index contributed by atoms with van der Waals surface area (Å²) in [5, 5.41) is 0. The lowest BCUT2D eigenvalue weighted by Crippen LogP contribution is -2.40. The summed E-state index contributed by atoms with van der Waals surface area (Å²) >= 11 is 0. The van der Waals surface area contributed by atoms with Crippen LogP contribution in [0.2, 0.25) is 0 Å². The Morgan fingerprint density at radius 2 is 2.07 bits per heavy atom. The zero-order valence-corrected chi connectivity index (χ0v) is 16.8. The molecule has 0 aromatic heterocycles. The highest BCUT2D eigenvalue weighted by Crippen LogP contribution is 2.22. The SMILES string of the molecule is COCOCC[C@@H]1C=CC[C@@H](CCC(=O)N2C(=O)OC[C@@H]2Cc2ccccc2)O1. The molecule has 1 saturated heterocycles. The van der Waals surface area contributed by atoms with Crippen molar-refractivity contribution in [2.45, 2.75) is 50.4 Å². The predicted molar refractivity (Wildman–Crippen MR) is 106 cm³/mol. The molecule has 3 rings (SSSR count). The van der Waals surface area contributed by atoms with Gasteiger partial charge in [-0.3, -0.25) is 4.79 Å². The van der Waals surface area contributed by atoms with Crippen molar-refractivity contribution in [2.75, 3.05) is 27.1 Å². The van der Waals surface area contributed by atoms with Crippen LogP contribution in [0.4, 0.5) is 4.79 Å². The molecule has 0 unspecified atom stereocenters. The zero-order valence-electron chi connectivity index (χ0n) is 16.8. The van der Waals surface area contributed by atoms with Gasteiger partial charge in [0.05, 0.1) is 24.9 Å². The van der Waals surface area contributed by atoms with E-state index in [2.05, 4.69) is 6.08 Å². The van der Waals surface area contributed by atoms with Gasteiger partial charge in [0.15, 0.2) is 0 Å². The summed E-state index contributed by atoms with van der Waals surface area (Å²) in [7, 11) is 1.59. The summed E-state index contributed by atoms with van der Waals surface area (Å²) in [6.45, 7) is 1.06. The number of amides is 2. The summed E-state index contributed by atoms with van der Waals surface area (Å²) in [6, 6.07) is 9.57. The fraction of sp³-hybridized carbons (Fsp3) is 0.545.